The highest BCUT2D eigenvalue weighted by atomic mass is 79.9. The number of ether oxygens (including phenoxy) is 1. The van der Waals surface area contributed by atoms with Crippen LogP contribution in [-0.4, -0.2) is 25.8 Å². The fourth-order valence-electron chi connectivity index (χ4n) is 1.80. The summed E-state index contributed by atoms with van der Waals surface area (Å²) >= 11 is 3.49. The molecule has 0 fully saturated rings. The molecule has 0 aliphatic carbocycles. The molecule has 0 aromatic heterocycles. The molecule has 90 valence electrons. The van der Waals surface area contributed by atoms with E-state index in [2.05, 4.69) is 46.4 Å². The maximum absolute atomic E-state index is 5.62. The quantitative estimate of drug-likeness (QED) is 0.868. The Balaban J connectivity index is 2.62. The van der Waals surface area contributed by atoms with Gasteiger partial charge in [-0.15, -0.1) is 0 Å². The van der Waals surface area contributed by atoms with Crippen LogP contribution >= 0.6 is 15.9 Å². The maximum atomic E-state index is 5.62. The minimum Gasteiger partial charge on any atom is -0.377 e. The Hall–Kier alpha value is -0.380. The second-order valence-corrected chi connectivity index (χ2v) is 4.81. The van der Waals surface area contributed by atoms with Crippen molar-refractivity contribution in [1.82, 2.24) is 5.32 Å². The van der Waals surface area contributed by atoms with Gasteiger partial charge < -0.3 is 10.1 Å². The van der Waals surface area contributed by atoms with Crippen LogP contribution in [0.5, 0.6) is 0 Å². The van der Waals surface area contributed by atoms with E-state index < -0.39 is 0 Å². The van der Waals surface area contributed by atoms with Crippen molar-refractivity contribution in [1.29, 1.82) is 0 Å². The SMILES string of the molecule is CCOC(C)C(Cc1cccc(Br)c1)NC. The summed E-state index contributed by atoms with van der Waals surface area (Å²) in [6.45, 7) is 4.91. The first-order valence-electron chi connectivity index (χ1n) is 5.70. The Labute approximate surface area is 107 Å². The van der Waals surface area contributed by atoms with Gasteiger partial charge in [0, 0.05) is 17.1 Å². The molecule has 2 nitrogen and oxygen atoms in total. The van der Waals surface area contributed by atoms with Crippen LogP contribution < -0.4 is 5.32 Å². The molecular weight excluding hydrogens is 266 g/mol. The van der Waals surface area contributed by atoms with Gasteiger partial charge in [0.15, 0.2) is 0 Å². The minimum absolute atomic E-state index is 0.231. The van der Waals surface area contributed by atoms with Crippen molar-refractivity contribution < 1.29 is 4.74 Å². The topological polar surface area (TPSA) is 21.3 Å². The van der Waals surface area contributed by atoms with E-state index in [1.807, 2.05) is 20.0 Å². The highest BCUT2D eigenvalue weighted by molar-refractivity contribution is 9.10. The molecule has 0 heterocycles. The molecule has 0 aliphatic rings. The van der Waals surface area contributed by atoms with Crippen LogP contribution in [0, 0.1) is 0 Å². The highest BCUT2D eigenvalue weighted by Crippen LogP contribution is 2.14. The van der Waals surface area contributed by atoms with Crippen molar-refractivity contribution in [2.45, 2.75) is 32.4 Å². The van der Waals surface area contributed by atoms with E-state index in [1.54, 1.807) is 0 Å². The molecular formula is C13H20BrNO. The van der Waals surface area contributed by atoms with Gasteiger partial charge in [0.25, 0.3) is 0 Å². The third-order valence-electron chi connectivity index (χ3n) is 2.71. The van der Waals surface area contributed by atoms with Gasteiger partial charge in [0.2, 0.25) is 0 Å². The third-order valence-corrected chi connectivity index (χ3v) is 3.20. The van der Waals surface area contributed by atoms with Crippen LogP contribution in [0.15, 0.2) is 28.7 Å². The summed E-state index contributed by atoms with van der Waals surface area (Å²) in [6, 6.07) is 8.77. The molecule has 3 heteroatoms. The van der Waals surface area contributed by atoms with Crippen LogP contribution in [0.1, 0.15) is 19.4 Å². The summed E-state index contributed by atoms with van der Waals surface area (Å²) in [7, 11) is 1.98. The van der Waals surface area contributed by atoms with Gasteiger partial charge in [-0.1, -0.05) is 28.1 Å². The van der Waals surface area contributed by atoms with Crippen molar-refractivity contribution in [3.8, 4) is 0 Å². The highest BCUT2D eigenvalue weighted by Gasteiger charge is 2.15. The van der Waals surface area contributed by atoms with Crippen LogP contribution in [0.4, 0.5) is 0 Å². The number of hydrogen-bond donors (Lipinski definition) is 1. The van der Waals surface area contributed by atoms with E-state index in [4.69, 9.17) is 4.74 Å². The van der Waals surface area contributed by atoms with Gasteiger partial charge in [-0.3, -0.25) is 0 Å². The van der Waals surface area contributed by atoms with E-state index >= 15 is 0 Å². The Kier molecular flexibility index (Phi) is 6.03. The Morgan fingerprint density at radius 1 is 1.44 bits per heavy atom. The molecule has 0 saturated heterocycles. The molecule has 1 aromatic rings. The molecule has 0 amide bonds. The largest absolute Gasteiger partial charge is 0.377 e. The smallest absolute Gasteiger partial charge is 0.0702 e. The lowest BCUT2D eigenvalue weighted by Crippen LogP contribution is -2.39. The molecule has 0 aliphatic heterocycles. The standard InChI is InChI=1S/C13H20BrNO/c1-4-16-10(2)13(15-3)9-11-6-5-7-12(14)8-11/h5-8,10,13,15H,4,9H2,1-3H3. The molecule has 0 bridgehead atoms. The number of halogens is 1. The lowest BCUT2D eigenvalue weighted by molar-refractivity contribution is 0.0497. The lowest BCUT2D eigenvalue weighted by atomic mass is 10.0. The second-order valence-electron chi connectivity index (χ2n) is 3.89. The number of likely N-dealkylation sites (N-methyl/N-ethyl adjacent to an activating group) is 1. The maximum Gasteiger partial charge on any atom is 0.0702 e. The zero-order valence-electron chi connectivity index (χ0n) is 10.2. The number of hydrogen-bond acceptors (Lipinski definition) is 2. The van der Waals surface area contributed by atoms with Crippen molar-refractivity contribution >= 4 is 15.9 Å². The molecule has 2 unspecified atom stereocenters. The Morgan fingerprint density at radius 2 is 2.19 bits per heavy atom. The van der Waals surface area contributed by atoms with E-state index in [0.29, 0.717) is 6.04 Å². The van der Waals surface area contributed by atoms with E-state index in [9.17, 15) is 0 Å². The Bertz CT molecular complexity index is 317. The Morgan fingerprint density at radius 3 is 2.75 bits per heavy atom. The fourth-order valence-corrected chi connectivity index (χ4v) is 2.25. The van der Waals surface area contributed by atoms with E-state index in [1.165, 1.54) is 5.56 Å². The van der Waals surface area contributed by atoms with Crippen LogP contribution in [-0.2, 0) is 11.2 Å². The first kappa shape index (κ1) is 13.7. The van der Waals surface area contributed by atoms with Crippen molar-refractivity contribution in [2.24, 2.45) is 0 Å². The summed E-state index contributed by atoms with van der Waals surface area (Å²) in [5.41, 5.74) is 1.32. The van der Waals surface area contributed by atoms with Crippen LogP contribution in [0.3, 0.4) is 0 Å². The monoisotopic (exact) mass is 285 g/mol. The predicted molar refractivity (Wildman–Crippen MR) is 71.8 cm³/mol. The van der Waals surface area contributed by atoms with Crippen molar-refractivity contribution in [3.05, 3.63) is 34.3 Å². The molecule has 0 radical (unpaired) electrons. The summed E-state index contributed by atoms with van der Waals surface area (Å²) < 4.78 is 6.75. The number of nitrogens with one attached hydrogen (secondary N) is 1. The summed E-state index contributed by atoms with van der Waals surface area (Å²) in [5.74, 6) is 0. The normalized spacial score (nSPS) is 14.8. The second kappa shape index (κ2) is 7.05. The van der Waals surface area contributed by atoms with Gasteiger partial charge in [-0.2, -0.15) is 0 Å². The predicted octanol–water partition coefficient (Wildman–Crippen LogP) is 3.00. The summed E-state index contributed by atoms with van der Waals surface area (Å²) in [5, 5.41) is 3.31. The van der Waals surface area contributed by atoms with Gasteiger partial charge >= 0.3 is 0 Å². The van der Waals surface area contributed by atoms with Crippen molar-refractivity contribution in [3.63, 3.8) is 0 Å². The number of rotatable bonds is 6. The van der Waals surface area contributed by atoms with Gasteiger partial charge in [-0.25, -0.2) is 0 Å². The van der Waals surface area contributed by atoms with E-state index in [-0.39, 0.29) is 6.10 Å². The molecule has 1 rings (SSSR count). The average Bonchev–Trinajstić information content (AvgIpc) is 2.26. The molecule has 1 N–H and O–H groups in total. The van der Waals surface area contributed by atoms with Gasteiger partial charge in [-0.05, 0) is 45.0 Å². The van der Waals surface area contributed by atoms with Gasteiger partial charge in [0.05, 0.1) is 6.10 Å². The fraction of sp³-hybridized carbons (Fsp3) is 0.538. The first-order valence-corrected chi connectivity index (χ1v) is 6.50. The minimum atomic E-state index is 0.231. The van der Waals surface area contributed by atoms with Crippen LogP contribution in [0.2, 0.25) is 0 Å². The third kappa shape index (κ3) is 4.24. The summed E-state index contributed by atoms with van der Waals surface area (Å²) in [4.78, 5) is 0. The lowest BCUT2D eigenvalue weighted by Gasteiger charge is -2.23. The first-order chi connectivity index (χ1) is 7.67. The van der Waals surface area contributed by atoms with Crippen LogP contribution in [0.25, 0.3) is 0 Å². The zero-order chi connectivity index (χ0) is 12.0. The molecule has 0 spiro atoms. The molecule has 2 atom stereocenters. The van der Waals surface area contributed by atoms with Gasteiger partial charge in [0.1, 0.15) is 0 Å². The molecule has 16 heavy (non-hydrogen) atoms. The van der Waals surface area contributed by atoms with Crippen molar-refractivity contribution in [2.75, 3.05) is 13.7 Å². The average molecular weight is 286 g/mol. The summed E-state index contributed by atoms with van der Waals surface area (Å²) in [6.07, 6.45) is 1.21. The van der Waals surface area contributed by atoms with E-state index in [0.717, 1.165) is 17.5 Å². The molecule has 1 aromatic carbocycles. The number of benzene rings is 1. The molecule has 0 saturated carbocycles. The zero-order valence-corrected chi connectivity index (χ0v) is 11.8.